The van der Waals surface area contributed by atoms with Crippen LogP contribution < -0.4 is 15.4 Å². The molecule has 5 nitrogen and oxygen atoms in total. The van der Waals surface area contributed by atoms with Crippen LogP contribution in [0.4, 0.5) is 10.5 Å². The normalized spacial score (nSPS) is 13.4. The SMILES string of the molecule is CCOc1ccc(NC(=O)NC[C@@](C)(O)CC)cc1C. The molecule has 0 fully saturated rings. The Morgan fingerprint density at radius 1 is 1.40 bits per heavy atom. The highest BCUT2D eigenvalue weighted by Crippen LogP contribution is 2.21. The van der Waals surface area contributed by atoms with Gasteiger partial charge in [0.25, 0.3) is 0 Å². The van der Waals surface area contributed by atoms with Gasteiger partial charge in [0.2, 0.25) is 0 Å². The van der Waals surface area contributed by atoms with Crippen LogP contribution in [0.2, 0.25) is 0 Å². The van der Waals surface area contributed by atoms with Crippen molar-refractivity contribution in [2.75, 3.05) is 18.5 Å². The largest absolute Gasteiger partial charge is 0.494 e. The van der Waals surface area contributed by atoms with Crippen molar-refractivity contribution in [3.05, 3.63) is 23.8 Å². The maximum atomic E-state index is 11.7. The minimum absolute atomic E-state index is 0.214. The highest BCUT2D eigenvalue weighted by atomic mass is 16.5. The summed E-state index contributed by atoms with van der Waals surface area (Å²) >= 11 is 0. The summed E-state index contributed by atoms with van der Waals surface area (Å²) in [4.78, 5) is 11.7. The van der Waals surface area contributed by atoms with Crippen LogP contribution in [-0.4, -0.2) is 29.9 Å². The van der Waals surface area contributed by atoms with Gasteiger partial charge in [-0.3, -0.25) is 0 Å². The molecule has 0 radical (unpaired) electrons. The predicted octanol–water partition coefficient (Wildman–Crippen LogP) is 2.68. The molecule has 0 saturated carbocycles. The van der Waals surface area contributed by atoms with Gasteiger partial charge in [0.15, 0.2) is 0 Å². The number of amides is 2. The van der Waals surface area contributed by atoms with Gasteiger partial charge in [-0.2, -0.15) is 0 Å². The summed E-state index contributed by atoms with van der Waals surface area (Å²) in [6.45, 7) is 8.24. The maximum absolute atomic E-state index is 11.7. The third-order valence-corrected chi connectivity index (χ3v) is 3.12. The van der Waals surface area contributed by atoms with E-state index in [1.54, 1.807) is 13.0 Å². The van der Waals surface area contributed by atoms with Crippen molar-refractivity contribution < 1.29 is 14.6 Å². The van der Waals surface area contributed by atoms with Crippen molar-refractivity contribution in [3.63, 3.8) is 0 Å². The summed E-state index contributed by atoms with van der Waals surface area (Å²) < 4.78 is 5.44. The number of carbonyl (C=O) groups excluding carboxylic acids is 1. The standard InChI is InChI=1S/C15H24N2O3/c1-5-15(4,19)10-16-14(18)17-12-7-8-13(20-6-2)11(3)9-12/h7-9,19H,5-6,10H2,1-4H3,(H2,16,17,18)/t15-/m0/s1. The average Bonchev–Trinajstić information content (AvgIpc) is 2.40. The molecule has 3 N–H and O–H groups in total. The molecule has 5 heteroatoms. The quantitative estimate of drug-likeness (QED) is 0.750. The molecule has 1 atom stereocenters. The summed E-state index contributed by atoms with van der Waals surface area (Å²) in [6.07, 6.45) is 0.579. The van der Waals surface area contributed by atoms with Crippen LogP contribution in [0.15, 0.2) is 18.2 Å². The highest BCUT2D eigenvalue weighted by molar-refractivity contribution is 5.89. The second-order valence-corrected chi connectivity index (χ2v) is 5.07. The fraction of sp³-hybridized carbons (Fsp3) is 0.533. The van der Waals surface area contributed by atoms with E-state index in [0.717, 1.165) is 11.3 Å². The minimum atomic E-state index is -0.883. The van der Waals surface area contributed by atoms with E-state index in [1.807, 2.05) is 32.9 Å². The van der Waals surface area contributed by atoms with E-state index in [1.165, 1.54) is 0 Å². The number of aryl methyl sites for hydroxylation is 1. The number of carbonyl (C=O) groups is 1. The molecule has 0 aromatic heterocycles. The molecule has 112 valence electrons. The number of urea groups is 1. The molecule has 0 spiro atoms. The molecule has 0 bridgehead atoms. The van der Waals surface area contributed by atoms with Gasteiger partial charge in [-0.15, -0.1) is 0 Å². The Morgan fingerprint density at radius 2 is 2.10 bits per heavy atom. The van der Waals surface area contributed by atoms with Gasteiger partial charge in [0, 0.05) is 12.2 Å². The summed E-state index contributed by atoms with van der Waals surface area (Å²) in [7, 11) is 0. The molecular formula is C15H24N2O3. The molecule has 0 unspecified atom stereocenters. The molecule has 0 heterocycles. The lowest BCUT2D eigenvalue weighted by molar-refractivity contribution is 0.0587. The Balaban J connectivity index is 2.56. The van der Waals surface area contributed by atoms with Gasteiger partial charge >= 0.3 is 6.03 Å². The lowest BCUT2D eigenvalue weighted by Crippen LogP contribution is -2.41. The zero-order chi connectivity index (χ0) is 15.2. The van der Waals surface area contributed by atoms with Crippen molar-refractivity contribution in [1.29, 1.82) is 0 Å². The zero-order valence-electron chi connectivity index (χ0n) is 12.6. The number of ether oxygens (including phenoxy) is 1. The van der Waals surface area contributed by atoms with E-state index >= 15 is 0 Å². The molecule has 0 saturated heterocycles. The average molecular weight is 280 g/mol. The van der Waals surface area contributed by atoms with Gasteiger partial charge in [-0.25, -0.2) is 4.79 Å². The van der Waals surface area contributed by atoms with E-state index in [0.29, 0.717) is 18.7 Å². The van der Waals surface area contributed by atoms with Gasteiger partial charge in [0.05, 0.1) is 12.2 Å². The summed E-state index contributed by atoms with van der Waals surface area (Å²) in [5.74, 6) is 0.812. The van der Waals surface area contributed by atoms with Crippen LogP contribution in [-0.2, 0) is 0 Å². The van der Waals surface area contributed by atoms with Crippen molar-refractivity contribution >= 4 is 11.7 Å². The van der Waals surface area contributed by atoms with E-state index < -0.39 is 5.60 Å². The van der Waals surface area contributed by atoms with Crippen LogP contribution >= 0.6 is 0 Å². The number of anilines is 1. The Bertz CT molecular complexity index is 458. The summed E-state index contributed by atoms with van der Waals surface area (Å²) in [5, 5.41) is 15.2. The highest BCUT2D eigenvalue weighted by Gasteiger charge is 2.18. The number of nitrogens with one attached hydrogen (secondary N) is 2. The minimum Gasteiger partial charge on any atom is -0.494 e. The Hall–Kier alpha value is -1.75. The van der Waals surface area contributed by atoms with Crippen molar-refractivity contribution in [3.8, 4) is 5.75 Å². The summed E-state index contributed by atoms with van der Waals surface area (Å²) in [6, 6.07) is 5.14. The zero-order valence-corrected chi connectivity index (χ0v) is 12.6. The maximum Gasteiger partial charge on any atom is 0.319 e. The van der Waals surface area contributed by atoms with Crippen LogP contribution in [0.1, 0.15) is 32.8 Å². The Labute approximate surface area is 120 Å². The third-order valence-electron chi connectivity index (χ3n) is 3.12. The first-order chi connectivity index (χ1) is 9.38. The number of aliphatic hydroxyl groups is 1. The Kier molecular flexibility index (Phi) is 5.82. The smallest absolute Gasteiger partial charge is 0.319 e. The van der Waals surface area contributed by atoms with Crippen molar-refractivity contribution in [2.24, 2.45) is 0 Å². The molecule has 1 aromatic rings. The number of rotatable bonds is 6. The van der Waals surface area contributed by atoms with E-state index in [4.69, 9.17) is 4.74 Å². The topological polar surface area (TPSA) is 70.6 Å². The van der Waals surface area contributed by atoms with E-state index in [9.17, 15) is 9.90 Å². The summed E-state index contributed by atoms with van der Waals surface area (Å²) in [5.41, 5.74) is 0.774. The van der Waals surface area contributed by atoms with Gasteiger partial charge < -0.3 is 20.5 Å². The van der Waals surface area contributed by atoms with Crippen LogP contribution in [0.5, 0.6) is 5.75 Å². The number of benzene rings is 1. The van der Waals surface area contributed by atoms with Gasteiger partial charge in [0.1, 0.15) is 5.75 Å². The Morgan fingerprint density at radius 3 is 2.65 bits per heavy atom. The molecule has 1 rings (SSSR count). The molecular weight excluding hydrogens is 256 g/mol. The van der Waals surface area contributed by atoms with Crippen molar-refractivity contribution in [2.45, 2.75) is 39.7 Å². The van der Waals surface area contributed by atoms with Crippen LogP contribution in [0.3, 0.4) is 0 Å². The lowest BCUT2D eigenvalue weighted by atomic mass is 10.0. The predicted molar refractivity (Wildman–Crippen MR) is 80.3 cm³/mol. The van der Waals surface area contributed by atoms with Gasteiger partial charge in [-0.05, 0) is 51.0 Å². The first kappa shape index (κ1) is 16.3. The van der Waals surface area contributed by atoms with Crippen molar-refractivity contribution in [1.82, 2.24) is 5.32 Å². The first-order valence-corrected chi connectivity index (χ1v) is 6.88. The number of hydrogen-bond donors (Lipinski definition) is 3. The van der Waals surface area contributed by atoms with E-state index in [-0.39, 0.29) is 12.6 Å². The molecule has 2 amide bonds. The molecule has 20 heavy (non-hydrogen) atoms. The van der Waals surface area contributed by atoms with Crippen LogP contribution in [0.25, 0.3) is 0 Å². The monoisotopic (exact) mass is 280 g/mol. The fourth-order valence-corrected chi connectivity index (χ4v) is 1.62. The second kappa shape index (κ2) is 7.14. The second-order valence-electron chi connectivity index (χ2n) is 5.07. The molecule has 0 aliphatic carbocycles. The first-order valence-electron chi connectivity index (χ1n) is 6.88. The molecule has 1 aromatic carbocycles. The molecule has 0 aliphatic rings. The number of hydrogen-bond acceptors (Lipinski definition) is 3. The van der Waals surface area contributed by atoms with Crippen LogP contribution in [0, 0.1) is 6.92 Å². The third kappa shape index (κ3) is 5.09. The molecule has 0 aliphatic heterocycles. The lowest BCUT2D eigenvalue weighted by Gasteiger charge is -2.21. The van der Waals surface area contributed by atoms with Gasteiger partial charge in [-0.1, -0.05) is 6.92 Å². The fourth-order valence-electron chi connectivity index (χ4n) is 1.62. The van der Waals surface area contributed by atoms with E-state index in [2.05, 4.69) is 10.6 Å².